The van der Waals surface area contributed by atoms with Crippen molar-refractivity contribution in [1.82, 2.24) is 5.32 Å². The van der Waals surface area contributed by atoms with Gasteiger partial charge >= 0.3 is 0 Å². The fraction of sp³-hybridized carbons (Fsp3) is 0.857. The van der Waals surface area contributed by atoms with Crippen molar-refractivity contribution < 1.29 is 4.43 Å². The highest BCUT2D eigenvalue weighted by molar-refractivity contribution is 6.77. The molecule has 2 unspecified atom stereocenters. The summed E-state index contributed by atoms with van der Waals surface area (Å²) in [6, 6.07) is 0. The lowest BCUT2D eigenvalue weighted by molar-refractivity contribution is 0.213. The number of hydrogen-bond acceptors (Lipinski definition) is 2. The van der Waals surface area contributed by atoms with Gasteiger partial charge in [-0.1, -0.05) is 47.3 Å². The second-order valence-electron chi connectivity index (χ2n) is 8.15. The van der Waals surface area contributed by atoms with Crippen molar-refractivity contribution in [2.45, 2.75) is 77.0 Å². The van der Waals surface area contributed by atoms with E-state index in [9.17, 15) is 0 Å². The van der Waals surface area contributed by atoms with Gasteiger partial charge in [0, 0.05) is 0 Å². The van der Waals surface area contributed by atoms with Gasteiger partial charge in [-0.3, -0.25) is 5.32 Å². The molecule has 0 aliphatic carbocycles. The fourth-order valence-electron chi connectivity index (χ4n) is 1.36. The van der Waals surface area contributed by atoms with Gasteiger partial charge in [-0.2, -0.15) is 0 Å². The maximum atomic E-state index is 6.55. The van der Waals surface area contributed by atoms with Crippen LogP contribution in [-0.2, 0) is 4.43 Å². The van der Waals surface area contributed by atoms with Gasteiger partial charge in [0.15, 0.2) is 8.32 Å². The Hall–Kier alpha value is 0.311. The van der Waals surface area contributed by atoms with Gasteiger partial charge in [-0.25, -0.2) is 0 Å². The van der Waals surface area contributed by atoms with Crippen LogP contribution in [0, 0.1) is 0 Å². The highest BCUT2D eigenvalue weighted by Gasteiger charge is 2.39. The first-order chi connectivity index (χ1) is 8.31. The topological polar surface area (TPSA) is 21.3 Å². The van der Waals surface area contributed by atoms with Crippen LogP contribution in [0.2, 0.25) is 37.8 Å². The van der Waals surface area contributed by atoms with Gasteiger partial charge in [0.2, 0.25) is 0 Å². The molecule has 19 heavy (non-hydrogen) atoms. The lowest BCUT2D eigenvalue weighted by atomic mass is 10.2. The molecule has 5 heteroatoms. The van der Waals surface area contributed by atoms with Crippen molar-refractivity contribution >= 4 is 25.9 Å². The molecule has 0 radical (unpaired) electrons. The predicted octanol–water partition coefficient (Wildman–Crippen LogP) is 3.46. The molecule has 2 atom stereocenters. The average molecular weight is 318 g/mol. The molecule has 1 N–H and O–H groups in total. The number of nitrogens with one attached hydrogen (secondary N) is 1. The minimum atomic E-state index is -1.69. The van der Waals surface area contributed by atoms with E-state index in [4.69, 9.17) is 4.43 Å². The standard InChI is InChI=1S/C14H35NOSi3/c1-11-17-13(15-12(2)18(6,7)8)16-19(9,10)14(3,4)5/h11-13,15H,1,17H2,2-10H3. The smallest absolute Gasteiger partial charge is 0.193 e. The van der Waals surface area contributed by atoms with E-state index in [1.165, 1.54) is 0 Å². The molecule has 0 amide bonds. The van der Waals surface area contributed by atoms with Gasteiger partial charge in [0.05, 0.1) is 23.4 Å². The van der Waals surface area contributed by atoms with E-state index in [2.05, 4.69) is 78.0 Å². The van der Waals surface area contributed by atoms with E-state index in [0.717, 1.165) is 0 Å². The van der Waals surface area contributed by atoms with Crippen molar-refractivity contribution in [2.24, 2.45) is 0 Å². The van der Waals surface area contributed by atoms with Crippen molar-refractivity contribution in [1.29, 1.82) is 0 Å². The van der Waals surface area contributed by atoms with Gasteiger partial charge in [0.1, 0.15) is 0 Å². The Bertz CT molecular complexity index is 292. The molecule has 2 nitrogen and oxygen atoms in total. The summed E-state index contributed by atoms with van der Waals surface area (Å²) in [6.07, 6.45) is 0. The van der Waals surface area contributed by atoms with Crippen molar-refractivity contribution in [3.05, 3.63) is 12.3 Å². The summed E-state index contributed by atoms with van der Waals surface area (Å²) in [6.45, 7) is 25.0. The third-order valence-electron chi connectivity index (χ3n) is 4.36. The fourth-order valence-corrected chi connectivity index (χ4v) is 5.84. The minimum Gasteiger partial charge on any atom is -0.405 e. The summed E-state index contributed by atoms with van der Waals surface area (Å²) in [5.74, 6) is 0.250. The second-order valence-corrected chi connectivity index (χ2v) is 20.3. The molecule has 0 saturated heterocycles. The van der Waals surface area contributed by atoms with Crippen LogP contribution < -0.4 is 5.32 Å². The van der Waals surface area contributed by atoms with E-state index in [0.29, 0.717) is 5.67 Å². The summed E-state index contributed by atoms with van der Waals surface area (Å²) in [4.78, 5) is 0. The van der Waals surface area contributed by atoms with E-state index < -0.39 is 25.9 Å². The van der Waals surface area contributed by atoms with Gasteiger partial charge < -0.3 is 4.43 Å². The summed E-state index contributed by atoms with van der Waals surface area (Å²) < 4.78 is 6.55. The summed E-state index contributed by atoms with van der Waals surface area (Å²) in [5, 5.41) is 4.02. The summed E-state index contributed by atoms with van der Waals surface area (Å²) in [5.41, 5.74) is 2.68. The Kier molecular flexibility index (Phi) is 6.96. The normalized spacial score (nSPS) is 17.7. The SMILES string of the molecule is C=C[SiH2]C(NC(C)[Si](C)(C)C)O[Si](C)(C)C(C)(C)C. The van der Waals surface area contributed by atoms with Crippen LogP contribution in [0.3, 0.4) is 0 Å². The zero-order valence-electron chi connectivity index (χ0n) is 14.6. The molecule has 0 fully saturated rings. The lowest BCUT2D eigenvalue weighted by Gasteiger charge is -2.41. The van der Waals surface area contributed by atoms with Crippen LogP contribution >= 0.6 is 0 Å². The molecule has 114 valence electrons. The third-order valence-corrected chi connectivity index (χ3v) is 13.1. The molecule has 0 aliphatic heterocycles. The summed E-state index contributed by atoms with van der Waals surface area (Å²) in [7, 11) is -3.27. The quantitative estimate of drug-likeness (QED) is 0.573. The molecule has 0 saturated carbocycles. The first kappa shape index (κ1) is 19.3. The maximum Gasteiger partial charge on any atom is 0.193 e. The molecule has 0 aliphatic rings. The Morgan fingerprint density at radius 2 is 1.63 bits per heavy atom. The zero-order valence-corrected chi connectivity index (χ0v) is 18.0. The van der Waals surface area contributed by atoms with Crippen LogP contribution in [0.1, 0.15) is 27.7 Å². The molecule has 0 spiro atoms. The highest BCUT2D eigenvalue weighted by atomic mass is 28.4. The van der Waals surface area contributed by atoms with Crippen LogP contribution in [0.4, 0.5) is 0 Å². The van der Waals surface area contributed by atoms with Crippen LogP contribution in [0.5, 0.6) is 0 Å². The van der Waals surface area contributed by atoms with E-state index in [-0.39, 0.29) is 10.9 Å². The van der Waals surface area contributed by atoms with Crippen molar-refractivity contribution in [2.75, 3.05) is 0 Å². The van der Waals surface area contributed by atoms with Crippen molar-refractivity contribution in [3.63, 3.8) is 0 Å². The maximum absolute atomic E-state index is 6.55. The summed E-state index contributed by atoms with van der Waals surface area (Å²) >= 11 is 0. The predicted molar refractivity (Wildman–Crippen MR) is 96.8 cm³/mol. The molecular formula is C14H35NOSi3. The van der Waals surface area contributed by atoms with E-state index in [1.54, 1.807) is 0 Å². The Morgan fingerprint density at radius 1 is 1.16 bits per heavy atom. The molecule has 0 aromatic rings. The average Bonchev–Trinajstić information content (AvgIpc) is 2.13. The first-order valence-corrected chi connectivity index (χ1v) is 15.5. The van der Waals surface area contributed by atoms with Crippen molar-refractivity contribution in [3.8, 4) is 0 Å². The van der Waals surface area contributed by atoms with E-state index in [1.807, 2.05) is 0 Å². The van der Waals surface area contributed by atoms with Gasteiger partial charge in [-0.05, 0) is 23.8 Å². The van der Waals surface area contributed by atoms with Gasteiger partial charge in [-0.15, -0.1) is 12.3 Å². The van der Waals surface area contributed by atoms with Crippen LogP contribution in [0.15, 0.2) is 12.3 Å². The third kappa shape index (κ3) is 6.53. The molecule has 0 bridgehead atoms. The Balaban J connectivity index is 4.81. The molecule has 0 rings (SSSR count). The van der Waals surface area contributed by atoms with Crippen LogP contribution in [-0.4, -0.2) is 37.4 Å². The van der Waals surface area contributed by atoms with Crippen LogP contribution in [0.25, 0.3) is 0 Å². The highest BCUT2D eigenvalue weighted by Crippen LogP contribution is 2.37. The Morgan fingerprint density at radius 3 is 1.95 bits per heavy atom. The zero-order chi connectivity index (χ0) is 15.5. The monoisotopic (exact) mass is 317 g/mol. The first-order valence-electron chi connectivity index (χ1n) is 7.36. The molecule has 0 heterocycles. The minimum absolute atomic E-state index is 0.250. The molecule has 0 aromatic carbocycles. The number of hydrogen-bond donors (Lipinski definition) is 1. The number of rotatable bonds is 7. The lowest BCUT2D eigenvalue weighted by Crippen LogP contribution is -2.57. The largest absolute Gasteiger partial charge is 0.405 e. The van der Waals surface area contributed by atoms with Gasteiger partial charge in [0.25, 0.3) is 0 Å². The molecular weight excluding hydrogens is 282 g/mol. The second kappa shape index (κ2) is 6.85. The van der Waals surface area contributed by atoms with E-state index >= 15 is 0 Å². The molecule has 0 aromatic heterocycles. The Labute approximate surface area is 125 Å².